The highest BCUT2D eigenvalue weighted by molar-refractivity contribution is 5.79. The minimum absolute atomic E-state index is 0.0108. The maximum Gasteiger partial charge on any atom is 0.317 e. The molecule has 2 aliphatic rings. The molecule has 0 unspecified atom stereocenters. The van der Waals surface area contributed by atoms with Crippen molar-refractivity contribution in [2.24, 2.45) is 5.73 Å². The Morgan fingerprint density at radius 2 is 1.13 bits per heavy atom. The van der Waals surface area contributed by atoms with Crippen LogP contribution in [0.2, 0.25) is 0 Å². The van der Waals surface area contributed by atoms with Gasteiger partial charge in [0.1, 0.15) is 0 Å². The summed E-state index contributed by atoms with van der Waals surface area (Å²) in [6.07, 6.45) is 5.91. The number of carbonyl (C=O) groups excluding carboxylic acids is 1. The van der Waals surface area contributed by atoms with Gasteiger partial charge in [-0.05, 0) is 38.5 Å². The molecule has 2 saturated carbocycles. The van der Waals surface area contributed by atoms with E-state index >= 15 is 0 Å². The van der Waals surface area contributed by atoms with Gasteiger partial charge in [-0.15, -0.1) is 0 Å². The number of aliphatic carboxylic acids is 3. The van der Waals surface area contributed by atoms with Crippen LogP contribution < -0.4 is 11.1 Å². The van der Waals surface area contributed by atoms with Gasteiger partial charge in [0, 0.05) is 24.2 Å². The molecule has 2 aliphatic carbocycles. The SMILES string of the molecule is N[C@H]1CC[C@H](NC(=O)CN(CC(=O)O)[C@@H]2CCCC[C@H]2N(CC(=O)O)CC(=O)O)CC1. The molecule has 0 bridgehead atoms. The van der Waals surface area contributed by atoms with Gasteiger partial charge in [-0.25, -0.2) is 0 Å². The Morgan fingerprint density at radius 3 is 1.55 bits per heavy atom. The summed E-state index contributed by atoms with van der Waals surface area (Å²) in [7, 11) is 0. The van der Waals surface area contributed by atoms with Gasteiger partial charge in [-0.2, -0.15) is 0 Å². The molecule has 0 aromatic rings. The molecule has 0 saturated heterocycles. The van der Waals surface area contributed by atoms with Crippen molar-refractivity contribution >= 4 is 23.8 Å². The molecular weight excluding hydrogens is 408 g/mol. The number of hydrogen-bond acceptors (Lipinski definition) is 7. The molecule has 6 N–H and O–H groups in total. The number of amides is 1. The Bertz CT molecular complexity index is 635. The number of hydrogen-bond donors (Lipinski definition) is 5. The molecule has 31 heavy (non-hydrogen) atoms. The molecule has 11 nitrogen and oxygen atoms in total. The van der Waals surface area contributed by atoms with E-state index in [2.05, 4.69) is 5.32 Å². The molecule has 0 aromatic heterocycles. The zero-order chi connectivity index (χ0) is 23.0. The van der Waals surface area contributed by atoms with Gasteiger partial charge in [0.2, 0.25) is 5.91 Å². The monoisotopic (exact) mass is 442 g/mol. The molecule has 176 valence electrons. The van der Waals surface area contributed by atoms with E-state index in [9.17, 15) is 34.5 Å². The fourth-order valence-corrected chi connectivity index (χ4v) is 4.77. The second-order valence-electron chi connectivity index (χ2n) is 8.59. The molecule has 2 atom stereocenters. The summed E-state index contributed by atoms with van der Waals surface area (Å²) in [5.74, 6) is -3.68. The van der Waals surface area contributed by atoms with Gasteiger partial charge in [0.05, 0.1) is 26.2 Å². The van der Waals surface area contributed by atoms with Crippen LogP contribution in [-0.4, -0.2) is 99.3 Å². The van der Waals surface area contributed by atoms with E-state index in [0.717, 1.165) is 38.5 Å². The third-order valence-corrected chi connectivity index (χ3v) is 6.13. The molecule has 0 radical (unpaired) electrons. The van der Waals surface area contributed by atoms with Crippen molar-refractivity contribution in [1.29, 1.82) is 0 Å². The first-order chi connectivity index (χ1) is 14.7. The lowest BCUT2D eigenvalue weighted by atomic mass is 9.87. The van der Waals surface area contributed by atoms with Crippen LogP contribution in [0.3, 0.4) is 0 Å². The van der Waals surface area contributed by atoms with Gasteiger partial charge in [0.25, 0.3) is 0 Å². The van der Waals surface area contributed by atoms with Crippen molar-refractivity contribution in [2.45, 2.75) is 75.5 Å². The van der Waals surface area contributed by atoms with Crippen molar-refractivity contribution in [3.63, 3.8) is 0 Å². The van der Waals surface area contributed by atoms with Crippen LogP contribution in [0, 0.1) is 0 Å². The summed E-state index contributed by atoms with van der Waals surface area (Å²) in [5.41, 5.74) is 5.90. The van der Waals surface area contributed by atoms with E-state index in [1.807, 2.05) is 0 Å². The largest absolute Gasteiger partial charge is 0.480 e. The van der Waals surface area contributed by atoms with E-state index in [0.29, 0.717) is 12.8 Å². The molecule has 11 heteroatoms. The van der Waals surface area contributed by atoms with Crippen molar-refractivity contribution in [1.82, 2.24) is 15.1 Å². The lowest BCUT2D eigenvalue weighted by Crippen LogP contribution is -2.58. The normalized spacial score (nSPS) is 26.5. The van der Waals surface area contributed by atoms with Crippen molar-refractivity contribution in [3.05, 3.63) is 0 Å². The standard InChI is InChI=1S/C20H34N4O7/c21-13-5-7-14(8-6-13)22-17(25)9-23(10-18(26)27)15-3-1-2-4-16(15)24(11-19(28)29)12-20(30)31/h13-16H,1-12,21H2,(H,22,25)(H,26,27)(H,28,29)(H,30,31)/t13-,14-,15-,16-/m1/s1. The second kappa shape index (κ2) is 12.0. The van der Waals surface area contributed by atoms with E-state index in [4.69, 9.17) is 5.73 Å². The zero-order valence-electron chi connectivity index (χ0n) is 17.7. The average Bonchev–Trinajstić information content (AvgIpc) is 2.67. The molecule has 0 heterocycles. The van der Waals surface area contributed by atoms with Crippen LogP contribution in [0.15, 0.2) is 0 Å². The van der Waals surface area contributed by atoms with Crippen LogP contribution in [0.1, 0.15) is 51.4 Å². The van der Waals surface area contributed by atoms with Gasteiger partial charge in [-0.3, -0.25) is 29.0 Å². The summed E-state index contributed by atoms with van der Waals surface area (Å²) in [5, 5.41) is 30.8. The number of carbonyl (C=O) groups is 4. The molecule has 0 spiro atoms. The lowest BCUT2D eigenvalue weighted by Gasteiger charge is -2.43. The van der Waals surface area contributed by atoms with Crippen LogP contribution in [-0.2, 0) is 19.2 Å². The second-order valence-corrected chi connectivity index (χ2v) is 8.59. The van der Waals surface area contributed by atoms with E-state index in [1.54, 1.807) is 4.90 Å². The van der Waals surface area contributed by atoms with Gasteiger partial charge >= 0.3 is 17.9 Å². The first kappa shape index (κ1) is 25.0. The smallest absolute Gasteiger partial charge is 0.317 e. The molecule has 2 rings (SSSR count). The fraction of sp³-hybridized carbons (Fsp3) is 0.800. The molecule has 1 amide bonds. The van der Waals surface area contributed by atoms with Gasteiger partial charge < -0.3 is 26.4 Å². The molecule has 0 aromatic carbocycles. The number of nitrogens with zero attached hydrogens (tertiary/aromatic N) is 2. The van der Waals surface area contributed by atoms with E-state index in [1.165, 1.54) is 4.90 Å². The minimum atomic E-state index is -1.15. The third kappa shape index (κ3) is 8.42. The summed E-state index contributed by atoms with van der Waals surface area (Å²) in [6.45, 7) is -1.42. The lowest BCUT2D eigenvalue weighted by molar-refractivity contribution is -0.147. The van der Waals surface area contributed by atoms with E-state index < -0.39 is 43.1 Å². The van der Waals surface area contributed by atoms with Crippen molar-refractivity contribution in [2.75, 3.05) is 26.2 Å². The highest BCUT2D eigenvalue weighted by Crippen LogP contribution is 2.27. The third-order valence-electron chi connectivity index (χ3n) is 6.13. The molecule has 2 fully saturated rings. The quantitative estimate of drug-likeness (QED) is 0.282. The highest BCUT2D eigenvalue weighted by Gasteiger charge is 2.37. The van der Waals surface area contributed by atoms with E-state index in [-0.39, 0.29) is 31.1 Å². The number of nitrogens with two attached hydrogens (primary N) is 1. The molecule has 0 aliphatic heterocycles. The highest BCUT2D eigenvalue weighted by atomic mass is 16.4. The summed E-state index contributed by atoms with van der Waals surface area (Å²) < 4.78 is 0. The first-order valence-electron chi connectivity index (χ1n) is 10.8. The minimum Gasteiger partial charge on any atom is -0.480 e. The Morgan fingerprint density at radius 1 is 0.710 bits per heavy atom. The first-order valence-corrected chi connectivity index (χ1v) is 10.8. The maximum absolute atomic E-state index is 12.7. The van der Waals surface area contributed by atoms with Crippen LogP contribution >= 0.6 is 0 Å². The number of nitrogens with one attached hydrogen (secondary N) is 1. The number of carboxylic acids is 3. The van der Waals surface area contributed by atoms with Crippen LogP contribution in [0.5, 0.6) is 0 Å². The Labute approximate surface area is 181 Å². The zero-order valence-corrected chi connectivity index (χ0v) is 17.7. The predicted molar refractivity (Wildman–Crippen MR) is 110 cm³/mol. The predicted octanol–water partition coefficient (Wildman–Crippen LogP) is -0.458. The number of carboxylic acid groups (broad SMARTS) is 3. The van der Waals surface area contributed by atoms with Gasteiger partial charge in [0.15, 0.2) is 0 Å². The fourth-order valence-electron chi connectivity index (χ4n) is 4.77. The maximum atomic E-state index is 12.7. The summed E-state index contributed by atoms with van der Waals surface area (Å²) in [6, 6.07) is -0.722. The Kier molecular flexibility index (Phi) is 9.66. The Balaban J connectivity index is 2.12. The van der Waals surface area contributed by atoms with Crippen molar-refractivity contribution < 1.29 is 34.5 Å². The topological polar surface area (TPSA) is 173 Å². The average molecular weight is 443 g/mol. The van der Waals surface area contributed by atoms with Crippen molar-refractivity contribution in [3.8, 4) is 0 Å². The molecular formula is C20H34N4O7. The van der Waals surface area contributed by atoms with Gasteiger partial charge in [-0.1, -0.05) is 12.8 Å². The van der Waals surface area contributed by atoms with Crippen LogP contribution in [0.25, 0.3) is 0 Å². The number of rotatable bonds is 11. The van der Waals surface area contributed by atoms with Crippen LogP contribution in [0.4, 0.5) is 0 Å². The summed E-state index contributed by atoms with van der Waals surface area (Å²) >= 11 is 0. The Hall–Kier alpha value is -2.24. The summed E-state index contributed by atoms with van der Waals surface area (Å²) in [4.78, 5) is 49.7.